The first-order chi connectivity index (χ1) is 15.6. The number of Topliss-reactive ketones (excluding diaryl/α,β-unsaturated/α-hetero) is 1. The van der Waals surface area contributed by atoms with Gasteiger partial charge in [0.05, 0.1) is 0 Å². The Bertz CT molecular complexity index is 1030. The van der Waals surface area contributed by atoms with E-state index in [1.807, 2.05) is 0 Å². The summed E-state index contributed by atoms with van der Waals surface area (Å²) in [6, 6.07) is 14.5. The summed E-state index contributed by atoms with van der Waals surface area (Å²) in [7, 11) is 0. The molecule has 1 aliphatic heterocycles. The number of hydrogen-bond acceptors (Lipinski definition) is 6. The molecule has 0 atom stereocenters. The SMILES string of the molecule is Cc1ccc(Cc2nsc(N3CCN(CCCCC(=O)c4cccc(F)c4)CC3)n2)cc1. The molecule has 0 saturated carbocycles. The Hall–Kier alpha value is -2.64. The third-order valence-electron chi connectivity index (χ3n) is 5.86. The van der Waals surface area contributed by atoms with E-state index in [9.17, 15) is 9.18 Å². The highest BCUT2D eigenvalue weighted by Crippen LogP contribution is 2.21. The minimum Gasteiger partial charge on any atom is -0.344 e. The van der Waals surface area contributed by atoms with Crippen LogP contribution in [0.15, 0.2) is 48.5 Å². The summed E-state index contributed by atoms with van der Waals surface area (Å²) >= 11 is 1.49. The van der Waals surface area contributed by atoms with Crippen LogP contribution in [0.5, 0.6) is 0 Å². The van der Waals surface area contributed by atoms with Gasteiger partial charge in [0.2, 0.25) is 5.13 Å². The standard InChI is InChI=1S/C25H29FN4OS/c1-19-8-10-20(11-9-19)17-24-27-25(32-28-24)30-15-13-29(14-16-30)12-3-2-7-23(31)21-5-4-6-22(26)18-21/h4-6,8-11,18H,2-3,7,12-17H2,1H3. The van der Waals surface area contributed by atoms with E-state index in [2.05, 4.69) is 45.4 Å². The van der Waals surface area contributed by atoms with Gasteiger partial charge in [0.1, 0.15) is 11.6 Å². The van der Waals surface area contributed by atoms with Gasteiger partial charge >= 0.3 is 0 Å². The normalized spacial score (nSPS) is 14.6. The lowest BCUT2D eigenvalue weighted by atomic mass is 10.1. The molecule has 0 amide bonds. The van der Waals surface area contributed by atoms with Crippen molar-refractivity contribution in [3.63, 3.8) is 0 Å². The van der Waals surface area contributed by atoms with Crippen LogP contribution in [0.3, 0.4) is 0 Å². The second-order valence-corrected chi connectivity index (χ2v) is 9.11. The van der Waals surface area contributed by atoms with Gasteiger partial charge in [-0.1, -0.05) is 42.0 Å². The molecule has 2 aromatic carbocycles. The summed E-state index contributed by atoms with van der Waals surface area (Å²) in [5, 5.41) is 1.01. The lowest BCUT2D eigenvalue weighted by Crippen LogP contribution is -2.46. The fraction of sp³-hybridized carbons (Fsp3) is 0.400. The highest BCUT2D eigenvalue weighted by Gasteiger charge is 2.20. The summed E-state index contributed by atoms with van der Waals surface area (Å²) < 4.78 is 17.8. The second-order valence-electron chi connectivity index (χ2n) is 8.37. The van der Waals surface area contributed by atoms with Crippen molar-refractivity contribution < 1.29 is 9.18 Å². The molecule has 0 radical (unpaired) electrons. The average molecular weight is 453 g/mol. The largest absolute Gasteiger partial charge is 0.344 e. The summed E-state index contributed by atoms with van der Waals surface area (Å²) in [6.07, 6.45) is 3.04. The molecular formula is C25H29FN4OS. The van der Waals surface area contributed by atoms with Gasteiger partial charge in [0.15, 0.2) is 5.78 Å². The van der Waals surface area contributed by atoms with E-state index < -0.39 is 0 Å². The number of piperazine rings is 1. The Kier molecular flexibility index (Phi) is 7.60. The van der Waals surface area contributed by atoms with E-state index in [0.29, 0.717) is 12.0 Å². The number of carbonyl (C=O) groups is 1. The number of unbranched alkanes of at least 4 members (excludes halogenated alkanes) is 1. The summed E-state index contributed by atoms with van der Waals surface area (Å²) in [4.78, 5) is 21.7. The molecule has 3 aromatic rings. The maximum atomic E-state index is 13.3. The molecule has 5 nitrogen and oxygen atoms in total. The highest BCUT2D eigenvalue weighted by molar-refractivity contribution is 7.09. The van der Waals surface area contributed by atoms with Gasteiger partial charge in [-0.25, -0.2) is 9.37 Å². The van der Waals surface area contributed by atoms with Crippen LogP contribution >= 0.6 is 11.5 Å². The van der Waals surface area contributed by atoms with Crippen LogP contribution in [-0.2, 0) is 6.42 Å². The first-order valence-corrected chi connectivity index (χ1v) is 12.0. The maximum absolute atomic E-state index is 13.3. The number of halogens is 1. The molecule has 0 bridgehead atoms. The molecule has 7 heteroatoms. The van der Waals surface area contributed by atoms with Crippen LogP contribution in [-0.4, -0.2) is 52.8 Å². The van der Waals surface area contributed by atoms with E-state index in [0.717, 1.165) is 62.9 Å². The lowest BCUT2D eigenvalue weighted by Gasteiger charge is -2.34. The van der Waals surface area contributed by atoms with Crippen LogP contribution in [0.2, 0.25) is 0 Å². The lowest BCUT2D eigenvalue weighted by molar-refractivity contribution is 0.0977. The summed E-state index contributed by atoms with van der Waals surface area (Å²) in [5.41, 5.74) is 2.97. The van der Waals surface area contributed by atoms with Crippen molar-refractivity contribution in [2.75, 3.05) is 37.6 Å². The quantitative estimate of drug-likeness (QED) is 0.346. The van der Waals surface area contributed by atoms with Gasteiger partial charge < -0.3 is 4.90 Å². The monoisotopic (exact) mass is 452 g/mol. The fourth-order valence-corrected chi connectivity index (χ4v) is 4.66. The van der Waals surface area contributed by atoms with Crippen molar-refractivity contribution in [2.45, 2.75) is 32.6 Å². The van der Waals surface area contributed by atoms with Crippen molar-refractivity contribution in [2.24, 2.45) is 0 Å². The van der Waals surface area contributed by atoms with Gasteiger partial charge in [0.25, 0.3) is 0 Å². The Labute approximate surface area is 193 Å². The maximum Gasteiger partial charge on any atom is 0.205 e. The zero-order valence-corrected chi connectivity index (χ0v) is 19.3. The van der Waals surface area contributed by atoms with Crippen molar-refractivity contribution in [3.8, 4) is 0 Å². The molecule has 1 saturated heterocycles. The van der Waals surface area contributed by atoms with Crippen LogP contribution < -0.4 is 4.90 Å². The number of rotatable bonds is 9. The molecule has 2 heterocycles. The van der Waals surface area contributed by atoms with E-state index in [-0.39, 0.29) is 11.6 Å². The fourth-order valence-electron chi connectivity index (χ4n) is 3.92. The zero-order valence-electron chi connectivity index (χ0n) is 18.5. The minimum atomic E-state index is -0.355. The third kappa shape index (κ3) is 6.20. The zero-order chi connectivity index (χ0) is 22.3. The Balaban J connectivity index is 1.16. The van der Waals surface area contributed by atoms with Crippen LogP contribution in [0.1, 0.15) is 46.6 Å². The van der Waals surface area contributed by atoms with Crippen LogP contribution in [0.25, 0.3) is 0 Å². The molecule has 1 aromatic heterocycles. The number of anilines is 1. The van der Waals surface area contributed by atoms with Crippen molar-refractivity contribution in [1.82, 2.24) is 14.3 Å². The first-order valence-electron chi connectivity index (χ1n) is 11.2. The number of hydrogen-bond donors (Lipinski definition) is 0. The Morgan fingerprint density at radius 2 is 1.84 bits per heavy atom. The van der Waals surface area contributed by atoms with E-state index >= 15 is 0 Å². The van der Waals surface area contributed by atoms with Crippen molar-refractivity contribution in [3.05, 3.63) is 76.9 Å². The predicted molar refractivity (Wildman–Crippen MR) is 127 cm³/mol. The van der Waals surface area contributed by atoms with Crippen molar-refractivity contribution in [1.29, 1.82) is 0 Å². The molecule has 168 valence electrons. The molecular weight excluding hydrogens is 423 g/mol. The molecule has 0 spiro atoms. The number of benzene rings is 2. The second kappa shape index (κ2) is 10.8. The predicted octanol–water partition coefficient (Wildman–Crippen LogP) is 4.75. The first kappa shape index (κ1) is 22.6. The number of ketones is 1. The number of aromatic nitrogens is 2. The average Bonchev–Trinajstić information content (AvgIpc) is 3.27. The van der Waals surface area contributed by atoms with Gasteiger partial charge in [-0.2, -0.15) is 4.37 Å². The molecule has 0 aliphatic carbocycles. The minimum absolute atomic E-state index is 0.0204. The molecule has 0 unspecified atom stereocenters. The van der Waals surface area contributed by atoms with Gasteiger partial charge in [-0.15, -0.1) is 0 Å². The molecule has 32 heavy (non-hydrogen) atoms. The van der Waals surface area contributed by atoms with Crippen LogP contribution in [0, 0.1) is 12.7 Å². The number of carbonyl (C=O) groups excluding carboxylic acids is 1. The van der Waals surface area contributed by atoms with Crippen LogP contribution in [0.4, 0.5) is 9.52 Å². The molecule has 4 rings (SSSR count). The van der Waals surface area contributed by atoms with Gasteiger partial charge in [0, 0.05) is 56.1 Å². The summed E-state index contributed by atoms with van der Waals surface area (Å²) in [6.45, 7) is 6.95. The van der Waals surface area contributed by atoms with E-state index in [4.69, 9.17) is 4.98 Å². The van der Waals surface area contributed by atoms with Gasteiger partial charge in [-0.05, 0) is 44.0 Å². The topological polar surface area (TPSA) is 49.3 Å². The Morgan fingerprint density at radius 1 is 1.06 bits per heavy atom. The number of nitrogens with zero attached hydrogens (tertiary/aromatic N) is 4. The Morgan fingerprint density at radius 3 is 2.59 bits per heavy atom. The molecule has 1 fully saturated rings. The molecule has 1 aliphatic rings. The third-order valence-corrected chi connectivity index (χ3v) is 6.67. The van der Waals surface area contributed by atoms with Crippen molar-refractivity contribution >= 4 is 22.4 Å². The molecule has 0 N–H and O–H groups in total. The highest BCUT2D eigenvalue weighted by atomic mass is 32.1. The van der Waals surface area contributed by atoms with E-state index in [1.165, 1.54) is 34.8 Å². The smallest absolute Gasteiger partial charge is 0.205 e. The number of aryl methyl sites for hydroxylation is 1. The van der Waals surface area contributed by atoms with Gasteiger partial charge in [-0.3, -0.25) is 9.69 Å². The van der Waals surface area contributed by atoms with E-state index in [1.54, 1.807) is 12.1 Å². The summed E-state index contributed by atoms with van der Waals surface area (Å²) in [5.74, 6) is 0.553.